The second-order valence-corrected chi connectivity index (χ2v) is 7.64. The molecule has 0 bridgehead atoms. The Morgan fingerprint density at radius 3 is 2.20 bits per heavy atom. The third kappa shape index (κ3) is 3.35. The Morgan fingerprint density at radius 1 is 1.15 bits per heavy atom. The van der Waals surface area contributed by atoms with Gasteiger partial charge in [-0.3, -0.25) is 0 Å². The number of hydrogen-bond donors (Lipinski definition) is 1. The van der Waals surface area contributed by atoms with E-state index in [1.54, 1.807) is 7.11 Å². The van der Waals surface area contributed by atoms with Gasteiger partial charge in [0.1, 0.15) is 0 Å². The highest BCUT2D eigenvalue weighted by Crippen LogP contribution is 2.41. The highest BCUT2D eigenvalue weighted by Gasteiger charge is 2.52. The smallest absolute Gasteiger partial charge is 0.0788 e. The van der Waals surface area contributed by atoms with Crippen LogP contribution in [0.1, 0.15) is 40.5 Å². The molecule has 2 rings (SSSR count). The standard InChI is InChI=1S/C16H32N2O2/c1-15(2)13(14(17)16(3,4)20-15)10-18-8-6-12(7-9-18)11-19-5/h12-14H,6-11,17H2,1-5H3. The van der Waals surface area contributed by atoms with Crippen molar-refractivity contribution in [1.29, 1.82) is 0 Å². The van der Waals surface area contributed by atoms with Crippen LogP contribution in [0.15, 0.2) is 0 Å². The van der Waals surface area contributed by atoms with Gasteiger partial charge in [-0.05, 0) is 59.5 Å². The fourth-order valence-electron chi connectivity index (χ4n) is 3.92. The lowest BCUT2D eigenvalue weighted by Crippen LogP contribution is -2.49. The first-order chi connectivity index (χ1) is 9.26. The van der Waals surface area contributed by atoms with Gasteiger partial charge in [0, 0.05) is 32.2 Å². The van der Waals surface area contributed by atoms with Gasteiger partial charge in [0.2, 0.25) is 0 Å². The van der Waals surface area contributed by atoms with Gasteiger partial charge < -0.3 is 20.1 Å². The van der Waals surface area contributed by atoms with Crippen molar-refractivity contribution in [3.05, 3.63) is 0 Å². The quantitative estimate of drug-likeness (QED) is 0.856. The summed E-state index contributed by atoms with van der Waals surface area (Å²) in [4.78, 5) is 2.56. The second kappa shape index (κ2) is 5.91. The van der Waals surface area contributed by atoms with Crippen molar-refractivity contribution < 1.29 is 9.47 Å². The van der Waals surface area contributed by atoms with Gasteiger partial charge in [-0.2, -0.15) is 0 Å². The molecule has 0 spiro atoms. The monoisotopic (exact) mass is 284 g/mol. The zero-order valence-electron chi connectivity index (χ0n) is 13.8. The largest absolute Gasteiger partial charge is 0.384 e. The van der Waals surface area contributed by atoms with Gasteiger partial charge in [0.05, 0.1) is 11.2 Å². The van der Waals surface area contributed by atoms with Crippen molar-refractivity contribution in [3.8, 4) is 0 Å². The topological polar surface area (TPSA) is 47.7 Å². The van der Waals surface area contributed by atoms with Crippen molar-refractivity contribution in [3.63, 3.8) is 0 Å². The molecule has 2 fully saturated rings. The third-order valence-corrected chi connectivity index (χ3v) is 5.22. The van der Waals surface area contributed by atoms with Crippen molar-refractivity contribution in [2.75, 3.05) is 33.4 Å². The summed E-state index contributed by atoms with van der Waals surface area (Å²) in [6.07, 6.45) is 2.47. The summed E-state index contributed by atoms with van der Waals surface area (Å²) < 4.78 is 11.5. The van der Waals surface area contributed by atoms with E-state index in [-0.39, 0.29) is 17.2 Å². The van der Waals surface area contributed by atoms with E-state index >= 15 is 0 Å². The summed E-state index contributed by atoms with van der Waals surface area (Å²) in [7, 11) is 1.80. The fraction of sp³-hybridized carbons (Fsp3) is 1.00. The number of rotatable bonds is 4. The number of piperidine rings is 1. The van der Waals surface area contributed by atoms with Gasteiger partial charge in [-0.15, -0.1) is 0 Å². The molecule has 0 aromatic rings. The van der Waals surface area contributed by atoms with Gasteiger partial charge in [-0.1, -0.05) is 0 Å². The maximum absolute atomic E-state index is 6.45. The summed E-state index contributed by atoms with van der Waals surface area (Å²) in [5, 5.41) is 0. The second-order valence-electron chi connectivity index (χ2n) is 7.64. The summed E-state index contributed by atoms with van der Waals surface area (Å²) in [5.41, 5.74) is 6.10. The molecule has 0 saturated carbocycles. The van der Waals surface area contributed by atoms with Crippen LogP contribution in [0.25, 0.3) is 0 Å². The molecule has 0 aromatic heterocycles. The van der Waals surface area contributed by atoms with Crippen LogP contribution in [0.5, 0.6) is 0 Å². The minimum absolute atomic E-state index is 0.106. The van der Waals surface area contributed by atoms with Crippen LogP contribution in [0.2, 0.25) is 0 Å². The number of ether oxygens (including phenoxy) is 2. The summed E-state index contributed by atoms with van der Waals surface area (Å²) in [5.74, 6) is 1.13. The molecule has 2 atom stereocenters. The fourth-order valence-corrected chi connectivity index (χ4v) is 3.92. The lowest BCUT2D eigenvalue weighted by atomic mass is 9.82. The Hall–Kier alpha value is -0.160. The molecule has 2 saturated heterocycles. The van der Waals surface area contributed by atoms with Crippen LogP contribution in [0.3, 0.4) is 0 Å². The molecule has 2 heterocycles. The Balaban J connectivity index is 1.91. The molecule has 2 N–H and O–H groups in total. The first-order valence-electron chi connectivity index (χ1n) is 7.93. The van der Waals surface area contributed by atoms with Crippen molar-refractivity contribution in [2.45, 2.75) is 57.8 Å². The molecule has 0 radical (unpaired) electrons. The number of nitrogens with zero attached hydrogens (tertiary/aromatic N) is 1. The van der Waals surface area contributed by atoms with Gasteiger partial charge in [-0.25, -0.2) is 0 Å². The highest BCUT2D eigenvalue weighted by atomic mass is 16.5. The van der Waals surface area contributed by atoms with Crippen LogP contribution in [0.4, 0.5) is 0 Å². The molecule has 2 aliphatic rings. The highest BCUT2D eigenvalue weighted by molar-refractivity contribution is 5.04. The van der Waals surface area contributed by atoms with Crippen molar-refractivity contribution >= 4 is 0 Å². The SMILES string of the molecule is COCC1CCN(CC2C(N)C(C)(C)OC2(C)C)CC1. The minimum Gasteiger partial charge on any atom is -0.384 e. The van der Waals surface area contributed by atoms with E-state index in [1.165, 1.54) is 12.8 Å². The molecule has 0 amide bonds. The maximum Gasteiger partial charge on any atom is 0.0788 e. The number of hydrogen-bond acceptors (Lipinski definition) is 4. The zero-order chi connectivity index (χ0) is 15.0. The molecular weight excluding hydrogens is 252 g/mol. The maximum atomic E-state index is 6.45. The van der Waals surface area contributed by atoms with E-state index in [9.17, 15) is 0 Å². The normalized spacial score (nSPS) is 34.5. The molecule has 4 nitrogen and oxygen atoms in total. The lowest BCUT2D eigenvalue weighted by molar-refractivity contribution is -0.0790. The van der Waals surface area contributed by atoms with Gasteiger partial charge in [0.25, 0.3) is 0 Å². The third-order valence-electron chi connectivity index (χ3n) is 5.22. The Morgan fingerprint density at radius 2 is 1.75 bits per heavy atom. The van der Waals surface area contributed by atoms with Gasteiger partial charge >= 0.3 is 0 Å². The molecule has 20 heavy (non-hydrogen) atoms. The number of methoxy groups -OCH3 is 1. The van der Waals surface area contributed by atoms with Crippen LogP contribution in [0, 0.1) is 11.8 Å². The van der Waals surface area contributed by atoms with Crippen molar-refractivity contribution in [2.24, 2.45) is 17.6 Å². The number of nitrogens with two attached hydrogens (primary N) is 1. The first-order valence-corrected chi connectivity index (χ1v) is 7.93. The molecule has 118 valence electrons. The molecule has 2 unspecified atom stereocenters. The molecule has 0 aromatic carbocycles. The predicted molar refractivity (Wildman–Crippen MR) is 81.7 cm³/mol. The van der Waals surface area contributed by atoms with Crippen LogP contribution < -0.4 is 5.73 Å². The molecular formula is C16H32N2O2. The van der Waals surface area contributed by atoms with E-state index in [1.807, 2.05) is 0 Å². The van der Waals surface area contributed by atoms with Crippen LogP contribution in [-0.4, -0.2) is 55.5 Å². The van der Waals surface area contributed by atoms with E-state index in [0.717, 1.165) is 32.2 Å². The van der Waals surface area contributed by atoms with E-state index in [2.05, 4.69) is 32.6 Å². The molecule has 4 heteroatoms. The Labute approximate surface area is 124 Å². The minimum atomic E-state index is -0.220. The summed E-state index contributed by atoms with van der Waals surface area (Å²) >= 11 is 0. The average molecular weight is 284 g/mol. The van der Waals surface area contributed by atoms with E-state index in [0.29, 0.717) is 5.92 Å². The number of likely N-dealkylation sites (tertiary alicyclic amines) is 1. The van der Waals surface area contributed by atoms with E-state index in [4.69, 9.17) is 15.2 Å². The van der Waals surface area contributed by atoms with Crippen LogP contribution in [-0.2, 0) is 9.47 Å². The predicted octanol–water partition coefficient (Wildman–Crippen LogP) is 1.88. The molecule has 2 aliphatic heterocycles. The van der Waals surface area contributed by atoms with Crippen molar-refractivity contribution in [1.82, 2.24) is 4.90 Å². The summed E-state index contributed by atoms with van der Waals surface area (Å²) in [6, 6.07) is 0.106. The van der Waals surface area contributed by atoms with E-state index < -0.39 is 0 Å². The first kappa shape index (κ1) is 16.2. The summed E-state index contributed by atoms with van der Waals surface area (Å²) in [6.45, 7) is 12.9. The lowest BCUT2D eigenvalue weighted by Gasteiger charge is -2.37. The zero-order valence-corrected chi connectivity index (χ0v) is 13.8. The average Bonchev–Trinajstić information content (AvgIpc) is 2.50. The Bertz CT molecular complexity index is 322. The Kier molecular flexibility index (Phi) is 4.80. The van der Waals surface area contributed by atoms with Gasteiger partial charge in [0.15, 0.2) is 0 Å². The van der Waals surface area contributed by atoms with Crippen LogP contribution >= 0.6 is 0 Å². The molecule has 0 aliphatic carbocycles.